The van der Waals surface area contributed by atoms with Crippen LogP contribution in [0.1, 0.15) is 24.2 Å². The molecule has 0 aliphatic carbocycles. The van der Waals surface area contributed by atoms with E-state index in [9.17, 15) is 4.79 Å². The molecule has 1 nitrogen and oxygen atoms in total. The van der Waals surface area contributed by atoms with Gasteiger partial charge in [0.05, 0.1) is 0 Å². The van der Waals surface area contributed by atoms with Crippen LogP contribution in [-0.4, -0.2) is 5.78 Å². The van der Waals surface area contributed by atoms with E-state index in [-0.39, 0.29) is 11.7 Å². The van der Waals surface area contributed by atoms with Gasteiger partial charge in [0, 0.05) is 16.2 Å². The molecule has 1 aromatic carbocycles. The first kappa shape index (κ1) is 9.41. The lowest BCUT2D eigenvalue weighted by atomic mass is 10.0. The first-order chi connectivity index (χ1) is 6.70. The molecule has 0 amide bonds. The van der Waals surface area contributed by atoms with Crippen LogP contribution in [0.3, 0.4) is 0 Å². The Morgan fingerprint density at radius 3 is 2.79 bits per heavy atom. The zero-order valence-corrected chi connectivity index (χ0v) is 9.10. The van der Waals surface area contributed by atoms with Gasteiger partial charge in [-0.3, -0.25) is 4.79 Å². The van der Waals surface area contributed by atoms with Gasteiger partial charge < -0.3 is 0 Å². The monoisotopic (exact) mass is 204 g/mol. The van der Waals surface area contributed by atoms with Crippen molar-refractivity contribution in [3.63, 3.8) is 0 Å². The Kier molecular flexibility index (Phi) is 2.38. The Morgan fingerprint density at radius 1 is 1.29 bits per heavy atom. The van der Waals surface area contributed by atoms with Crippen LogP contribution < -0.4 is 0 Å². The Morgan fingerprint density at radius 2 is 2.07 bits per heavy atom. The van der Waals surface area contributed by atoms with Crippen LogP contribution in [0, 0.1) is 5.92 Å². The van der Waals surface area contributed by atoms with Gasteiger partial charge in [-0.2, -0.15) is 0 Å². The number of benzene rings is 1. The number of carbonyl (C=O) groups is 1. The molecule has 0 atom stereocenters. The van der Waals surface area contributed by atoms with Crippen LogP contribution in [0.15, 0.2) is 29.6 Å². The Bertz CT molecular complexity index is 468. The lowest BCUT2D eigenvalue weighted by Crippen LogP contribution is -2.07. The average Bonchev–Trinajstić information content (AvgIpc) is 2.63. The fraction of sp³-hybridized carbons (Fsp3) is 0.250. The van der Waals surface area contributed by atoms with Crippen molar-refractivity contribution in [2.24, 2.45) is 5.92 Å². The molecule has 1 aromatic heterocycles. The van der Waals surface area contributed by atoms with Gasteiger partial charge >= 0.3 is 0 Å². The van der Waals surface area contributed by atoms with E-state index >= 15 is 0 Å². The Hall–Kier alpha value is -1.15. The van der Waals surface area contributed by atoms with Crippen LogP contribution >= 0.6 is 11.3 Å². The van der Waals surface area contributed by atoms with Crippen LogP contribution in [0.4, 0.5) is 0 Å². The minimum absolute atomic E-state index is 0.0719. The van der Waals surface area contributed by atoms with Crippen LogP contribution in [0.5, 0.6) is 0 Å². The van der Waals surface area contributed by atoms with E-state index in [1.165, 1.54) is 5.39 Å². The predicted octanol–water partition coefficient (Wildman–Crippen LogP) is 3.74. The van der Waals surface area contributed by atoms with Crippen molar-refractivity contribution >= 4 is 27.2 Å². The van der Waals surface area contributed by atoms with E-state index in [0.717, 1.165) is 10.3 Å². The SMILES string of the molecule is CC(C)C(=O)c1cccc2ccsc12. The molecule has 0 aliphatic rings. The largest absolute Gasteiger partial charge is 0.294 e. The number of Topliss-reactive ketones (excluding diaryl/α,β-unsaturated/α-hetero) is 1. The highest BCUT2D eigenvalue weighted by molar-refractivity contribution is 7.17. The minimum atomic E-state index is 0.0719. The molecule has 0 saturated carbocycles. The van der Waals surface area contributed by atoms with Gasteiger partial charge in [0.15, 0.2) is 5.78 Å². The first-order valence-corrected chi connectivity index (χ1v) is 5.58. The molecule has 2 heteroatoms. The second kappa shape index (κ2) is 3.54. The summed E-state index contributed by atoms with van der Waals surface area (Å²) in [6.07, 6.45) is 0. The highest BCUT2D eigenvalue weighted by Crippen LogP contribution is 2.26. The third-order valence-corrected chi connectivity index (χ3v) is 3.23. The standard InChI is InChI=1S/C12H12OS/c1-8(2)11(13)10-5-3-4-9-6-7-14-12(9)10/h3-8H,1-2H3. The van der Waals surface area contributed by atoms with Crippen molar-refractivity contribution in [2.45, 2.75) is 13.8 Å². The van der Waals surface area contributed by atoms with Gasteiger partial charge in [-0.05, 0) is 22.9 Å². The van der Waals surface area contributed by atoms with Crippen molar-refractivity contribution in [3.8, 4) is 0 Å². The third-order valence-electron chi connectivity index (χ3n) is 2.27. The van der Waals surface area contributed by atoms with Crippen molar-refractivity contribution in [3.05, 3.63) is 35.2 Å². The number of rotatable bonds is 2. The molecule has 0 spiro atoms. The lowest BCUT2D eigenvalue weighted by molar-refractivity contribution is 0.0941. The summed E-state index contributed by atoms with van der Waals surface area (Å²) < 4.78 is 1.12. The van der Waals surface area contributed by atoms with E-state index in [4.69, 9.17) is 0 Å². The van der Waals surface area contributed by atoms with E-state index in [1.54, 1.807) is 11.3 Å². The summed E-state index contributed by atoms with van der Waals surface area (Å²) in [4.78, 5) is 11.9. The number of ketones is 1. The molecule has 2 rings (SSSR count). The fourth-order valence-electron chi connectivity index (χ4n) is 1.50. The minimum Gasteiger partial charge on any atom is -0.294 e. The predicted molar refractivity (Wildman–Crippen MR) is 61.0 cm³/mol. The zero-order chi connectivity index (χ0) is 10.1. The Labute approximate surface area is 87.4 Å². The van der Waals surface area contributed by atoms with Crippen molar-refractivity contribution in [1.29, 1.82) is 0 Å². The van der Waals surface area contributed by atoms with Crippen LogP contribution in [-0.2, 0) is 0 Å². The summed E-state index contributed by atoms with van der Waals surface area (Å²) in [6, 6.07) is 7.96. The quantitative estimate of drug-likeness (QED) is 0.681. The van der Waals surface area contributed by atoms with E-state index < -0.39 is 0 Å². The van der Waals surface area contributed by atoms with Gasteiger partial charge in [0.25, 0.3) is 0 Å². The molecular formula is C12H12OS. The van der Waals surface area contributed by atoms with Gasteiger partial charge in [-0.15, -0.1) is 11.3 Å². The summed E-state index contributed by atoms with van der Waals surface area (Å²) in [7, 11) is 0. The number of hydrogen-bond acceptors (Lipinski definition) is 2. The first-order valence-electron chi connectivity index (χ1n) is 4.70. The summed E-state index contributed by atoms with van der Waals surface area (Å²) in [6.45, 7) is 3.88. The van der Waals surface area contributed by atoms with Gasteiger partial charge in [0.1, 0.15) is 0 Å². The van der Waals surface area contributed by atoms with Crippen molar-refractivity contribution < 1.29 is 4.79 Å². The third kappa shape index (κ3) is 1.46. The topological polar surface area (TPSA) is 17.1 Å². The highest BCUT2D eigenvalue weighted by Gasteiger charge is 2.13. The summed E-state index contributed by atoms with van der Waals surface area (Å²) in [5, 5.41) is 3.20. The van der Waals surface area contributed by atoms with Gasteiger partial charge in [-0.1, -0.05) is 26.0 Å². The second-order valence-corrected chi connectivity index (χ2v) is 4.58. The van der Waals surface area contributed by atoms with Crippen LogP contribution in [0.25, 0.3) is 10.1 Å². The van der Waals surface area contributed by atoms with Crippen molar-refractivity contribution in [2.75, 3.05) is 0 Å². The molecule has 1 heterocycles. The molecule has 0 bridgehead atoms. The van der Waals surface area contributed by atoms with Crippen molar-refractivity contribution in [1.82, 2.24) is 0 Å². The summed E-state index contributed by atoms with van der Waals surface area (Å²) >= 11 is 1.64. The lowest BCUT2D eigenvalue weighted by Gasteiger charge is -2.04. The normalized spacial score (nSPS) is 11.1. The number of thiophene rings is 1. The molecule has 2 aromatic rings. The molecule has 0 unspecified atom stereocenters. The van der Waals surface area contributed by atoms with E-state index in [2.05, 4.69) is 6.07 Å². The molecular weight excluding hydrogens is 192 g/mol. The molecule has 0 N–H and O–H groups in total. The average molecular weight is 204 g/mol. The van der Waals surface area contributed by atoms with Gasteiger partial charge in [0.2, 0.25) is 0 Å². The second-order valence-electron chi connectivity index (χ2n) is 3.66. The molecule has 72 valence electrons. The number of fused-ring (bicyclic) bond motifs is 1. The maximum atomic E-state index is 11.9. The molecule has 0 fully saturated rings. The molecule has 0 aliphatic heterocycles. The fourth-order valence-corrected chi connectivity index (χ4v) is 2.42. The molecule has 0 radical (unpaired) electrons. The van der Waals surface area contributed by atoms with Crippen LogP contribution in [0.2, 0.25) is 0 Å². The summed E-state index contributed by atoms with van der Waals surface area (Å²) in [5.74, 6) is 0.306. The maximum Gasteiger partial charge on any atom is 0.166 e. The molecule has 0 saturated heterocycles. The summed E-state index contributed by atoms with van der Waals surface area (Å²) in [5.41, 5.74) is 0.868. The smallest absolute Gasteiger partial charge is 0.166 e. The zero-order valence-electron chi connectivity index (χ0n) is 8.28. The number of hydrogen-bond donors (Lipinski definition) is 0. The highest BCUT2D eigenvalue weighted by atomic mass is 32.1. The maximum absolute atomic E-state index is 11.9. The van der Waals surface area contributed by atoms with Gasteiger partial charge in [-0.25, -0.2) is 0 Å². The van der Waals surface area contributed by atoms with E-state index in [0.29, 0.717) is 0 Å². The van der Waals surface area contributed by atoms with E-state index in [1.807, 2.05) is 37.4 Å². The Balaban J connectivity index is 2.62. The number of carbonyl (C=O) groups excluding carboxylic acids is 1. The molecule has 14 heavy (non-hydrogen) atoms.